The number of benzene rings is 3. The third-order valence-electron chi connectivity index (χ3n) is 4.68. The van der Waals surface area contributed by atoms with E-state index in [1.54, 1.807) is 12.1 Å². The Kier molecular flexibility index (Phi) is 5.66. The molecule has 1 aliphatic heterocycles. The summed E-state index contributed by atoms with van der Waals surface area (Å²) >= 11 is 0. The van der Waals surface area contributed by atoms with Crippen molar-refractivity contribution in [1.29, 1.82) is 0 Å². The Morgan fingerprint density at radius 1 is 0.897 bits per heavy atom. The number of aliphatic imine (C=N–C) groups is 1. The first kappa shape index (κ1) is 18.9. The molecule has 0 aromatic heterocycles. The van der Waals surface area contributed by atoms with Gasteiger partial charge < -0.3 is 4.74 Å². The minimum absolute atomic E-state index is 0.284. The van der Waals surface area contributed by atoms with E-state index in [1.807, 2.05) is 48.5 Å². The summed E-state index contributed by atoms with van der Waals surface area (Å²) in [6.45, 7) is 2.86. The van der Waals surface area contributed by atoms with Crippen molar-refractivity contribution >= 4 is 17.2 Å². The molecular weight excluding hydrogens is 365 g/mol. The Balaban J connectivity index is 1.66. The van der Waals surface area contributed by atoms with E-state index in [9.17, 15) is 4.39 Å². The first-order valence-electron chi connectivity index (χ1n) is 9.75. The molecule has 5 heteroatoms. The van der Waals surface area contributed by atoms with Crippen molar-refractivity contribution < 1.29 is 9.13 Å². The Bertz CT molecular complexity index is 1040. The number of hydrazone groups is 1. The van der Waals surface area contributed by atoms with Gasteiger partial charge in [-0.3, -0.25) is 5.43 Å². The lowest BCUT2D eigenvalue weighted by Crippen LogP contribution is -2.19. The molecule has 0 spiro atoms. The van der Waals surface area contributed by atoms with Crippen LogP contribution in [-0.2, 0) is 0 Å². The van der Waals surface area contributed by atoms with Crippen LogP contribution in [0.15, 0.2) is 82.9 Å². The van der Waals surface area contributed by atoms with Crippen LogP contribution in [-0.4, -0.2) is 18.2 Å². The van der Waals surface area contributed by atoms with Crippen LogP contribution in [0.25, 0.3) is 0 Å². The Morgan fingerprint density at radius 2 is 1.62 bits per heavy atom. The highest BCUT2D eigenvalue weighted by molar-refractivity contribution is 6.17. The minimum Gasteiger partial charge on any atom is -0.494 e. The third kappa shape index (κ3) is 4.35. The van der Waals surface area contributed by atoms with E-state index in [0.29, 0.717) is 5.84 Å². The van der Waals surface area contributed by atoms with E-state index in [-0.39, 0.29) is 5.82 Å². The summed E-state index contributed by atoms with van der Waals surface area (Å²) in [6, 6.07) is 22.0. The molecule has 0 atom stereocenters. The summed E-state index contributed by atoms with van der Waals surface area (Å²) in [5.41, 5.74) is 7.31. The average Bonchev–Trinajstić information content (AvgIpc) is 2.95. The fourth-order valence-electron chi connectivity index (χ4n) is 3.09. The molecule has 1 N–H and O–H groups in total. The van der Waals surface area contributed by atoms with Crippen LogP contribution in [0.3, 0.4) is 0 Å². The maximum absolute atomic E-state index is 13.3. The van der Waals surface area contributed by atoms with Crippen molar-refractivity contribution in [3.8, 4) is 5.75 Å². The Morgan fingerprint density at radius 3 is 2.38 bits per heavy atom. The van der Waals surface area contributed by atoms with Gasteiger partial charge in [-0.05, 0) is 61.0 Å². The molecule has 0 amide bonds. The molecule has 4 rings (SSSR count). The van der Waals surface area contributed by atoms with E-state index < -0.39 is 0 Å². The molecule has 4 nitrogen and oxygen atoms in total. The van der Waals surface area contributed by atoms with Gasteiger partial charge in [0, 0.05) is 16.7 Å². The van der Waals surface area contributed by atoms with Crippen LogP contribution in [0.2, 0.25) is 0 Å². The second-order valence-corrected chi connectivity index (χ2v) is 6.78. The first-order chi connectivity index (χ1) is 14.2. The molecule has 1 heterocycles. The largest absolute Gasteiger partial charge is 0.494 e. The van der Waals surface area contributed by atoms with Gasteiger partial charge in [0.2, 0.25) is 0 Å². The van der Waals surface area contributed by atoms with Crippen LogP contribution in [0.5, 0.6) is 5.75 Å². The van der Waals surface area contributed by atoms with Gasteiger partial charge in [0.25, 0.3) is 0 Å². The van der Waals surface area contributed by atoms with E-state index in [1.165, 1.54) is 12.1 Å². The lowest BCUT2D eigenvalue weighted by Gasteiger charge is -2.09. The molecule has 0 aliphatic carbocycles. The van der Waals surface area contributed by atoms with Crippen molar-refractivity contribution in [3.05, 3.63) is 95.3 Å². The molecule has 3 aromatic carbocycles. The van der Waals surface area contributed by atoms with Crippen molar-refractivity contribution in [3.63, 3.8) is 0 Å². The number of hydrogen-bond acceptors (Lipinski definition) is 4. The van der Waals surface area contributed by atoms with Crippen molar-refractivity contribution in [1.82, 2.24) is 5.43 Å². The van der Waals surface area contributed by atoms with Gasteiger partial charge >= 0.3 is 0 Å². The van der Waals surface area contributed by atoms with E-state index in [2.05, 4.69) is 17.5 Å². The zero-order valence-electron chi connectivity index (χ0n) is 16.2. The molecule has 0 radical (unpaired) electrons. The summed E-state index contributed by atoms with van der Waals surface area (Å²) in [7, 11) is 0. The number of unbranched alkanes of at least 4 members (excludes halogenated alkanes) is 1. The van der Waals surface area contributed by atoms with Gasteiger partial charge in [-0.1, -0.05) is 31.5 Å². The van der Waals surface area contributed by atoms with Crippen molar-refractivity contribution in [2.75, 3.05) is 6.61 Å². The molecule has 3 aromatic rings. The van der Waals surface area contributed by atoms with Gasteiger partial charge in [0.15, 0.2) is 5.84 Å². The fourth-order valence-corrected chi connectivity index (χ4v) is 3.09. The van der Waals surface area contributed by atoms with Gasteiger partial charge in [0.1, 0.15) is 11.6 Å². The molecule has 0 saturated heterocycles. The molecule has 29 heavy (non-hydrogen) atoms. The standard InChI is InChI=1S/C24H22FN3O/c1-2-3-16-29-20-14-10-17(11-15-20)23-21-6-4-5-7-22(21)26-24(28-27-23)18-8-12-19(25)13-9-18/h4-15H,2-3,16H2,1H3,(H,26,28). The van der Waals surface area contributed by atoms with E-state index in [0.717, 1.165) is 53.3 Å². The zero-order valence-corrected chi connectivity index (χ0v) is 16.2. The van der Waals surface area contributed by atoms with Crippen molar-refractivity contribution in [2.45, 2.75) is 19.8 Å². The van der Waals surface area contributed by atoms with Crippen LogP contribution in [0.1, 0.15) is 36.5 Å². The van der Waals surface area contributed by atoms with Crippen LogP contribution < -0.4 is 10.2 Å². The number of nitrogens with one attached hydrogen (secondary N) is 1. The second kappa shape index (κ2) is 8.69. The second-order valence-electron chi connectivity index (χ2n) is 6.78. The molecule has 1 aliphatic rings. The third-order valence-corrected chi connectivity index (χ3v) is 4.68. The summed E-state index contributed by atoms with van der Waals surface area (Å²) in [5, 5.41) is 4.62. The molecule has 0 unspecified atom stereocenters. The Labute approximate surface area is 169 Å². The molecular formula is C24H22FN3O. The quantitative estimate of drug-likeness (QED) is 0.573. The molecule has 0 bridgehead atoms. The number of amidine groups is 1. The lowest BCUT2D eigenvalue weighted by molar-refractivity contribution is 0.309. The van der Waals surface area contributed by atoms with E-state index >= 15 is 0 Å². The number of halogens is 1. The summed E-state index contributed by atoms with van der Waals surface area (Å²) in [4.78, 5) is 4.73. The highest BCUT2D eigenvalue weighted by Gasteiger charge is 2.17. The smallest absolute Gasteiger partial charge is 0.154 e. The maximum Gasteiger partial charge on any atom is 0.154 e. The fraction of sp³-hybridized carbons (Fsp3) is 0.167. The van der Waals surface area contributed by atoms with Gasteiger partial charge in [0.05, 0.1) is 18.0 Å². The van der Waals surface area contributed by atoms with Gasteiger partial charge in [-0.15, -0.1) is 0 Å². The normalized spacial score (nSPS) is 12.9. The summed E-state index contributed by atoms with van der Waals surface area (Å²) in [6.07, 6.45) is 2.14. The highest BCUT2D eigenvalue weighted by atomic mass is 19.1. The lowest BCUT2D eigenvalue weighted by atomic mass is 10.0. The average molecular weight is 387 g/mol. The zero-order chi connectivity index (χ0) is 20.1. The first-order valence-corrected chi connectivity index (χ1v) is 9.75. The Hall–Kier alpha value is -3.47. The molecule has 0 fully saturated rings. The molecule has 146 valence electrons. The summed E-state index contributed by atoms with van der Waals surface area (Å²) in [5.74, 6) is 1.14. The number of fused-ring (bicyclic) bond motifs is 1. The minimum atomic E-state index is -0.284. The van der Waals surface area contributed by atoms with Crippen molar-refractivity contribution in [2.24, 2.45) is 10.1 Å². The number of nitrogens with zero attached hydrogens (tertiary/aromatic N) is 2. The van der Waals surface area contributed by atoms with Gasteiger partial charge in [-0.25, -0.2) is 9.38 Å². The monoisotopic (exact) mass is 387 g/mol. The number of para-hydroxylation sites is 1. The number of rotatable bonds is 6. The van der Waals surface area contributed by atoms with Crippen LogP contribution in [0, 0.1) is 5.82 Å². The number of hydrogen-bond donors (Lipinski definition) is 1. The predicted molar refractivity (Wildman–Crippen MR) is 115 cm³/mol. The van der Waals surface area contributed by atoms with Crippen LogP contribution >= 0.6 is 0 Å². The van der Waals surface area contributed by atoms with Gasteiger partial charge in [-0.2, -0.15) is 5.10 Å². The highest BCUT2D eigenvalue weighted by Crippen LogP contribution is 2.26. The number of ether oxygens (including phenoxy) is 1. The van der Waals surface area contributed by atoms with Crippen LogP contribution in [0.4, 0.5) is 10.1 Å². The predicted octanol–water partition coefficient (Wildman–Crippen LogP) is 5.44. The van der Waals surface area contributed by atoms with E-state index in [4.69, 9.17) is 9.73 Å². The summed E-state index contributed by atoms with van der Waals surface area (Å²) < 4.78 is 19.0. The molecule has 0 saturated carbocycles. The maximum atomic E-state index is 13.3. The SMILES string of the molecule is CCCCOc1ccc(C2=NNC(c3ccc(F)cc3)=Nc3ccccc32)cc1. The topological polar surface area (TPSA) is 46.0 Å².